The normalized spacial score (nSPS) is 38.6. The molecule has 4 saturated heterocycles. The largest absolute Gasteiger partial charge is 0.453 e. The van der Waals surface area contributed by atoms with Crippen LogP contribution in [0.4, 0.5) is 41.1 Å². The monoisotopic (exact) mass is 943 g/mol. The molecule has 68 heavy (non-hydrogen) atoms. The smallest absolute Gasteiger partial charge is 0.411 e. The van der Waals surface area contributed by atoms with Crippen LogP contribution in [0.15, 0.2) is 36.4 Å². The Labute approximate surface area is 397 Å². The Kier molecular flexibility index (Phi) is 11.4. The summed E-state index contributed by atoms with van der Waals surface area (Å²) >= 11 is 0. The number of amides is 4. The second kappa shape index (κ2) is 17.0. The molecule has 4 aliphatic heterocycles. The average Bonchev–Trinajstić information content (AvgIpc) is 3.81. The summed E-state index contributed by atoms with van der Waals surface area (Å²) in [5.74, 6) is 2.30. The van der Waals surface area contributed by atoms with E-state index in [2.05, 4.69) is 29.9 Å². The van der Waals surface area contributed by atoms with Crippen molar-refractivity contribution < 1.29 is 47.6 Å². The van der Waals surface area contributed by atoms with Crippen LogP contribution in [0.1, 0.15) is 103 Å². The van der Waals surface area contributed by atoms with Gasteiger partial charge in [-0.2, -0.15) is 0 Å². The molecule has 8 bridgehead atoms. The second-order valence-corrected chi connectivity index (χ2v) is 23.0. The van der Waals surface area contributed by atoms with Crippen molar-refractivity contribution in [2.24, 2.45) is 46.3 Å². The molecule has 6 atom stereocenters. The van der Waals surface area contributed by atoms with Crippen molar-refractivity contribution in [1.29, 1.82) is 0 Å². The van der Waals surface area contributed by atoms with Gasteiger partial charge in [0.05, 0.1) is 48.6 Å². The lowest BCUT2D eigenvalue weighted by Gasteiger charge is -2.61. The lowest BCUT2D eigenvalue weighted by Crippen LogP contribution is -2.65. The quantitative estimate of drug-likeness (QED) is 0.228. The number of piperidine rings is 2. The van der Waals surface area contributed by atoms with Gasteiger partial charge in [0.2, 0.25) is 11.8 Å². The van der Waals surface area contributed by atoms with Crippen molar-refractivity contribution in [3.8, 4) is 0 Å². The summed E-state index contributed by atoms with van der Waals surface area (Å²) < 4.78 is 39.2. The van der Waals surface area contributed by atoms with Crippen LogP contribution in [0.3, 0.4) is 0 Å². The number of methoxy groups -OCH3 is 2. The number of nitrogens with one attached hydrogen (secondary N) is 2. The van der Waals surface area contributed by atoms with Gasteiger partial charge in [0.15, 0.2) is 0 Å². The molecule has 16 heteroatoms. The third-order valence-corrected chi connectivity index (χ3v) is 19.1. The summed E-state index contributed by atoms with van der Waals surface area (Å²) in [5, 5.41) is 26.4. The van der Waals surface area contributed by atoms with Gasteiger partial charge in [0.1, 0.15) is 11.6 Å². The molecule has 0 radical (unpaired) electrons. The number of anilines is 4. The highest BCUT2D eigenvalue weighted by Crippen LogP contribution is 2.61. The lowest BCUT2D eigenvalue weighted by atomic mass is 9.51. The van der Waals surface area contributed by atoms with Crippen molar-refractivity contribution in [2.45, 2.75) is 126 Å². The number of carbonyl (C=O) groups is 4. The zero-order valence-corrected chi connectivity index (χ0v) is 39.5. The van der Waals surface area contributed by atoms with Crippen LogP contribution in [0.5, 0.6) is 0 Å². The van der Waals surface area contributed by atoms with E-state index in [1.807, 2.05) is 9.80 Å². The molecule has 14 nitrogen and oxygen atoms in total. The minimum Gasteiger partial charge on any atom is -0.453 e. The number of likely N-dealkylation sites (tertiary alicyclic amines) is 2. The maximum atomic E-state index is 15.0. The van der Waals surface area contributed by atoms with Gasteiger partial charge in [0.25, 0.3) is 0 Å². The summed E-state index contributed by atoms with van der Waals surface area (Å²) in [7, 11) is 2.53. The van der Waals surface area contributed by atoms with E-state index in [1.165, 1.54) is 26.4 Å². The van der Waals surface area contributed by atoms with Crippen LogP contribution >= 0.6 is 0 Å². The number of nitrogens with zero attached hydrogens (tertiary/aromatic N) is 4. The molecule has 4 heterocycles. The highest BCUT2D eigenvalue weighted by Gasteiger charge is 2.64. The molecule has 0 aromatic heterocycles. The van der Waals surface area contributed by atoms with Crippen molar-refractivity contribution >= 4 is 46.8 Å². The van der Waals surface area contributed by atoms with Gasteiger partial charge < -0.3 is 39.3 Å². The summed E-state index contributed by atoms with van der Waals surface area (Å²) in [6.45, 7) is 4.02. The van der Waals surface area contributed by atoms with Gasteiger partial charge in [-0.05, 0) is 175 Å². The second-order valence-electron chi connectivity index (χ2n) is 23.0. The Morgan fingerprint density at radius 1 is 0.588 bits per heavy atom. The first-order valence-electron chi connectivity index (χ1n) is 25.4. The molecule has 4 amide bonds. The Morgan fingerprint density at radius 3 is 1.32 bits per heavy atom. The van der Waals surface area contributed by atoms with Crippen LogP contribution in [0.2, 0.25) is 0 Å². The standard InChI is InChI=1S/2C26H34FN3O4/c2*1-34-24(33)28-19-3-4-21(20(27)11-19)29-7-2-5-25(15-29)6-8-30(23(25)32)26-12-16-9-17(13-26)22(31)18(10-16)14-26/h2*3-4,11,16-18,22,31H,2,5-10,12-15H2,1H3,(H,28,33). The highest BCUT2D eigenvalue weighted by atomic mass is 19.1. The number of carbonyl (C=O) groups excluding carboxylic acids is 4. The number of hydrogen-bond donors (Lipinski definition) is 4. The van der Waals surface area contributed by atoms with E-state index in [4.69, 9.17) is 0 Å². The van der Waals surface area contributed by atoms with Crippen molar-refractivity contribution in [3.63, 3.8) is 0 Å². The fraction of sp³-hybridized carbons (Fsp3) is 0.692. The van der Waals surface area contributed by atoms with Gasteiger partial charge in [-0.15, -0.1) is 0 Å². The number of rotatable bonds is 6. The van der Waals surface area contributed by atoms with E-state index in [0.29, 0.717) is 84.4 Å². The van der Waals surface area contributed by atoms with Gasteiger partial charge in [0, 0.05) is 61.7 Å². The summed E-state index contributed by atoms with van der Waals surface area (Å²) in [5.41, 5.74) is 0.539. The Morgan fingerprint density at radius 2 is 0.971 bits per heavy atom. The first kappa shape index (κ1) is 45.7. The number of ether oxygens (including phenoxy) is 2. The fourth-order valence-electron chi connectivity index (χ4n) is 16.6. The number of hydrogen-bond acceptors (Lipinski definition) is 10. The third-order valence-electron chi connectivity index (χ3n) is 19.1. The number of benzene rings is 2. The van der Waals surface area contributed by atoms with Gasteiger partial charge in [-0.1, -0.05) is 0 Å². The molecule has 12 aliphatic rings. The minimum atomic E-state index is -0.641. The molecule has 8 aliphatic carbocycles. The molecule has 8 saturated carbocycles. The van der Waals surface area contributed by atoms with E-state index < -0.39 is 34.7 Å². The van der Waals surface area contributed by atoms with E-state index in [1.54, 1.807) is 24.3 Å². The first-order chi connectivity index (χ1) is 32.6. The Balaban J connectivity index is 0.000000149. The molecule has 2 aromatic carbocycles. The van der Waals surface area contributed by atoms with E-state index >= 15 is 8.78 Å². The zero-order chi connectivity index (χ0) is 47.3. The highest BCUT2D eigenvalue weighted by molar-refractivity contribution is 5.88. The number of aliphatic hydroxyl groups excluding tert-OH is 2. The summed E-state index contributed by atoms with van der Waals surface area (Å²) in [4.78, 5) is 59.4. The molecule has 368 valence electrons. The number of halogens is 2. The Bertz CT molecular complexity index is 2160. The van der Waals surface area contributed by atoms with Crippen LogP contribution in [0.25, 0.3) is 0 Å². The van der Waals surface area contributed by atoms with Crippen molar-refractivity contribution in [1.82, 2.24) is 9.80 Å². The van der Waals surface area contributed by atoms with E-state index in [0.717, 1.165) is 116 Å². The van der Waals surface area contributed by atoms with Crippen LogP contribution in [-0.2, 0) is 19.1 Å². The molecular formula is C52H68F2N6O8. The van der Waals surface area contributed by atoms with Crippen LogP contribution < -0.4 is 20.4 Å². The summed E-state index contributed by atoms with van der Waals surface area (Å²) in [6.07, 6.45) is 13.7. The maximum Gasteiger partial charge on any atom is 0.411 e. The van der Waals surface area contributed by atoms with Crippen molar-refractivity contribution in [2.75, 3.05) is 73.9 Å². The van der Waals surface area contributed by atoms with Gasteiger partial charge >= 0.3 is 12.2 Å². The fourth-order valence-corrected chi connectivity index (χ4v) is 16.6. The van der Waals surface area contributed by atoms with Crippen LogP contribution in [-0.4, -0.2) is 121 Å². The predicted molar refractivity (Wildman–Crippen MR) is 250 cm³/mol. The topological polar surface area (TPSA) is 164 Å². The van der Waals surface area contributed by atoms with E-state index in [9.17, 15) is 29.4 Å². The molecule has 2 aromatic rings. The van der Waals surface area contributed by atoms with E-state index in [-0.39, 0.29) is 35.1 Å². The summed E-state index contributed by atoms with van der Waals surface area (Å²) in [6, 6.07) is 9.29. The molecule has 6 unspecified atom stereocenters. The molecule has 14 rings (SSSR count). The van der Waals surface area contributed by atoms with Gasteiger partial charge in [-0.25, -0.2) is 18.4 Å². The van der Waals surface area contributed by atoms with Crippen LogP contribution in [0, 0.1) is 58.0 Å². The Hall–Kier alpha value is -4.70. The lowest BCUT2D eigenvalue weighted by molar-refractivity contribution is -0.168. The zero-order valence-electron chi connectivity index (χ0n) is 39.5. The molecular weight excluding hydrogens is 875 g/mol. The minimum absolute atomic E-state index is 0.0783. The van der Waals surface area contributed by atoms with Crippen molar-refractivity contribution in [3.05, 3.63) is 48.0 Å². The average molecular weight is 943 g/mol. The molecule has 12 fully saturated rings. The first-order valence-corrected chi connectivity index (χ1v) is 25.4. The van der Waals surface area contributed by atoms with Gasteiger partial charge in [-0.3, -0.25) is 20.2 Å². The number of aliphatic hydroxyl groups is 2. The third kappa shape index (κ3) is 7.60. The molecule has 2 spiro atoms. The SMILES string of the molecule is COC(=O)Nc1ccc(N2CCCC3(CCN(C45CC6CC(C4)C(O)C(C6)C5)C3=O)C2)c(F)c1.COC(=O)Nc1ccc(N2CCCC3(CCN(C45CC6CC(C4)C(O)C(C6)C5)C3=O)C2)c(F)c1. The molecule has 4 N–H and O–H groups in total. The maximum absolute atomic E-state index is 15.0. The predicted octanol–water partition coefficient (Wildman–Crippen LogP) is 7.53.